The number of carbonyl (C=O) groups is 4. The fraction of sp³-hybridized carbons (Fsp3) is 0.745. The first-order valence-corrected chi connectivity index (χ1v) is 44.3. The molecule has 5 aromatic carbocycles. The van der Waals surface area contributed by atoms with E-state index in [1.165, 1.54) is 318 Å². The standard InChI is InChI=1S/C94H150N2O6/c1-5-9-13-17-21-25-29-33-37-41-45-49-53-57-69-93(75-97,70-58-54-50-46-42-38-34-30-26-22-18-14-10-6-2)73-95-89(99)81-65-61-77-79-63-67-83-88-84(68-64-80(86(79)88)78-62-66-82(90(95)100)87(81)85(77)78)92(102)96(91(83)101)74-94(76-98,71-59-55-51-47-43-39-35-31-27-23-19-15-11-7-3)72-60-56-52-48-44-40-36-32-28-24-20-16-12-8-4/h61-68,97-98H,5-60,69-76H2,1-4H3. The molecule has 0 atom stereocenters. The van der Waals surface area contributed by atoms with Crippen molar-refractivity contribution in [2.75, 3.05) is 26.3 Å². The lowest BCUT2D eigenvalue weighted by Crippen LogP contribution is -2.48. The molecule has 2 aliphatic heterocycles. The highest BCUT2D eigenvalue weighted by molar-refractivity contribution is 6.41. The third-order valence-corrected chi connectivity index (χ3v) is 24.7. The van der Waals surface area contributed by atoms with E-state index >= 15 is 19.2 Å². The fourth-order valence-electron chi connectivity index (χ4n) is 18.1. The van der Waals surface area contributed by atoms with E-state index in [1.54, 1.807) is 0 Å². The number of carbonyl (C=O) groups excluding carboxylic acids is 4. The van der Waals surface area contributed by atoms with Crippen LogP contribution in [-0.2, 0) is 0 Å². The van der Waals surface area contributed by atoms with Crippen LogP contribution in [0.25, 0.3) is 43.1 Å². The average Bonchev–Trinajstić information content (AvgIpc) is 0.692. The Morgan fingerprint density at radius 3 is 0.539 bits per heavy atom. The van der Waals surface area contributed by atoms with Gasteiger partial charge in [0.15, 0.2) is 0 Å². The predicted molar refractivity (Wildman–Crippen MR) is 437 cm³/mol. The molecule has 2 aliphatic rings. The maximum atomic E-state index is 15.2. The van der Waals surface area contributed by atoms with Gasteiger partial charge in [-0.1, -0.05) is 412 Å². The highest BCUT2D eigenvalue weighted by Crippen LogP contribution is 2.48. The number of aliphatic hydroxyl groups excluding tert-OH is 2. The molecular formula is C94H150N2O6. The highest BCUT2D eigenvalue weighted by atomic mass is 16.3. The zero-order valence-corrected chi connectivity index (χ0v) is 66.3. The first-order chi connectivity index (χ1) is 50.1. The van der Waals surface area contributed by atoms with E-state index in [-0.39, 0.29) is 49.9 Å². The molecule has 8 heteroatoms. The van der Waals surface area contributed by atoms with E-state index in [9.17, 15) is 10.2 Å². The molecule has 0 aliphatic carbocycles. The molecule has 0 aromatic heterocycles. The van der Waals surface area contributed by atoms with Crippen LogP contribution in [-0.4, -0.2) is 69.9 Å². The molecule has 4 amide bonds. The molecule has 0 unspecified atom stereocenters. The Balaban J connectivity index is 1.02. The number of aliphatic hydroxyl groups is 2. The van der Waals surface area contributed by atoms with Gasteiger partial charge in [0.2, 0.25) is 0 Å². The number of imide groups is 2. The van der Waals surface area contributed by atoms with Crippen LogP contribution < -0.4 is 0 Å². The van der Waals surface area contributed by atoms with Crippen LogP contribution in [0.1, 0.15) is 454 Å². The molecule has 8 nitrogen and oxygen atoms in total. The van der Waals surface area contributed by atoms with Gasteiger partial charge in [0, 0.05) is 56.9 Å². The van der Waals surface area contributed by atoms with Gasteiger partial charge >= 0.3 is 0 Å². The fourth-order valence-corrected chi connectivity index (χ4v) is 18.1. The summed E-state index contributed by atoms with van der Waals surface area (Å²) in [5.74, 6) is -1.18. The van der Waals surface area contributed by atoms with Crippen LogP contribution in [0.5, 0.6) is 0 Å². The van der Waals surface area contributed by atoms with E-state index in [4.69, 9.17) is 0 Å². The number of hydrogen-bond acceptors (Lipinski definition) is 6. The van der Waals surface area contributed by atoms with E-state index in [0.29, 0.717) is 33.0 Å². The molecule has 0 radical (unpaired) electrons. The zero-order chi connectivity index (χ0) is 72.3. The van der Waals surface area contributed by atoms with Gasteiger partial charge in [-0.25, -0.2) is 0 Å². The van der Waals surface area contributed by atoms with Crippen molar-refractivity contribution in [2.24, 2.45) is 10.8 Å². The minimum atomic E-state index is -0.585. The maximum absolute atomic E-state index is 15.2. The number of fused-ring (bicyclic) bond motifs is 2. The molecular weight excluding hydrogens is 1250 g/mol. The molecule has 0 bridgehead atoms. The van der Waals surface area contributed by atoms with E-state index in [1.807, 2.05) is 48.5 Å². The normalized spacial score (nSPS) is 13.6. The van der Waals surface area contributed by atoms with E-state index in [0.717, 1.165) is 109 Å². The van der Waals surface area contributed by atoms with Crippen LogP contribution in [0.4, 0.5) is 0 Å². The van der Waals surface area contributed by atoms with Gasteiger partial charge in [-0.05, 0) is 82.3 Å². The third kappa shape index (κ3) is 26.5. The van der Waals surface area contributed by atoms with Gasteiger partial charge in [-0.2, -0.15) is 0 Å². The SMILES string of the molecule is CCCCCCCCCCCCCCCCC(CO)(CCCCCCCCCCCCCCCC)CN1C(=O)c2ccc3c4ccc5c6c(ccc(c7ccc(c2c37)C1=O)c64)C(=O)N(CC(CO)(CCCCCCCCCCCCCCCC)CCCCCCCCCCCCCCCC)C5=O. The van der Waals surface area contributed by atoms with Gasteiger partial charge in [-0.3, -0.25) is 29.0 Å². The molecule has 7 rings (SSSR count). The first-order valence-electron chi connectivity index (χ1n) is 44.3. The predicted octanol–water partition coefficient (Wildman–Crippen LogP) is 28.4. The summed E-state index contributed by atoms with van der Waals surface area (Å²) in [5, 5.41) is 29.8. The monoisotopic (exact) mass is 1400 g/mol. The van der Waals surface area contributed by atoms with Crippen LogP contribution in [0.15, 0.2) is 48.5 Å². The number of hydrogen-bond donors (Lipinski definition) is 2. The van der Waals surface area contributed by atoms with E-state index in [2.05, 4.69) is 27.7 Å². The summed E-state index contributed by atoms with van der Waals surface area (Å²) < 4.78 is 0. The topological polar surface area (TPSA) is 115 Å². The molecule has 0 fully saturated rings. The molecule has 5 aromatic rings. The molecule has 0 saturated heterocycles. The van der Waals surface area contributed by atoms with Crippen molar-refractivity contribution >= 4 is 66.7 Å². The molecule has 102 heavy (non-hydrogen) atoms. The second-order valence-corrected chi connectivity index (χ2v) is 33.2. The van der Waals surface area contributed by atoms with Gasteiger partial charge in [0.1, 0.15) is 0 Å². The average molecular weight is 1400 g/mol. The van der Waals surface area contributed by atoms with Crippen molar-refractivity contribution in [3.05, 3.63) is 70.8 Å². The third-order valence-electron chi connectivity index (χ3n) is 24.7. The van der Waals surface area contributed by atoms with Crippen molar-refractivity contribution < 1.29 is 29.4 Å². The van der Waals surface area contributed by atoms with Crippen LogP contribution in [0.3, 0.4) is 0 Å². The maximum Gasteiger partial charge on any atom is 0.261 e. The number of amides is 4. The number of unbranched alkanes of at least 4 members (excludes halogenated alkanes) is 52. The second kappa shape index (κ2) is 49.5. The van der Waals surface area contributed by atoms with Crippen molar-refractivity contribution in [3.63, 3.8) is 0 Å². The van der Waals surface area contributed by atoms with Crippen molar-refractivity contribution in [2.45, 2.75) is 413 Å². The molecule has 2 N–H and O–H groups in total. The summed E-state index contributed by atoms with van der Waals surface area (Å²) in [5.41, 5.74) is 0.869. The Morgan fingerprint density at radius 2 is 0.382 bits per heavy atom. The number of rotatable bonds is 66. The summed E-state index contributed by atoms with van der Waals surface area (Å²) in [7, 11) is 0. The van der Waals surface area contributed by atoms with Crippen molar-refractivity contribution in [3.8, 4) is 0 Å². The van der Waals surface area contributed by atoms with Gasteiger partial charge < -0.3 is 10.2 Å². The zero-order valence-electron chi connectivity index (χ0n) is 66.3. The Morgan fingerprint density at radius 1 is 0.225 bits per heavy atom. The molecule has 572 valence electrons. The summed E-state index contributed by atoms with van der Waals surface area (Å²) in [6.07, 6.45) is 74.8. The highest BCUT2D eigenvalue weighted by Gasteiger charge is 2.43. The Labute approximate surface area is 623 Å². The van der Waals surface area contributed by atoms with Crippen molar-refractivity contribution in [1.82, 2.24) is 9.80 Å². The van der Waals surface area contributed by atoms with Crippen LogP contribution >= 0.6 is 0 Å². The smallest absolute Gasteiger partial charge is 0.261 e. The minimum Gasteiger partial charge on any atom is -0.396 e. The van der Waals surface area contributed by atoms with Gasteiger partial charge in [0.05, 0.1) is 13.2 Å². The first kappa shape index (κ1) is 84.9. The Kier molecular flexibility index (Phi) is 41.1. The Hall–Kier alpha value is -4.40. The quantitative estimate of drug-likeness (QED) is 0.0173. The molecule has 2 heterocycles. The summed E-state index contributed by atoms with van der Waals surface area (Å²) >= 11 is 0. The lowest BCUT2D eigenvalue weighted by atomic mass is 9.76. The lowest BCUT2D eigenvalue weighted by molar-refractivity contribution is 0.0342. The van der Waals surface area contributed by atoms with Gasteiger partial charge in [0.25, 0.3) is 23.6 Å². The molecule has 0 spiro atoms. The Bertz CT molecular complexity index is 2750. The lowest BCUT2D eigenvalue weighted by Gasteiger charge is -2.39. The number of nitrogens with zero attached hydrogens (tertiary/aromatic N) is 2. The summed E-state index contributed by atoms with van der Waals surface area (Å²) in [4.78, 5) is 63.8. The molecule has 0 saturated carbocycles. The largest absolute Gasteiger partial charge is 0.396 e. The number of benzene rings is 5. The van der Waals surface area contributed by atoms with E-state index < -0.39 is 10.8 Å². The van der Waals surface area contributed by atoms with Crippen molar-refractivity contribution in [1.29, 1.82) is 0 Å². The van der Waals surface area contributed by atoms with Crippen LogP contribution in [0, 0.1) is 10.8 Å². The second-order valence-electron chi connectivity index (χ2n) is 33.2. The minimum absolute atomic E-state index is 0.0595. The summed E-state index contributed by atoms with van der Waals surface area (Å²) in [6, 6.07) is 15.7. The summed E-state index contributed by atoms with van der Waals surface area (Å²) in [6.45, 7) is 9.42. The van der Waals surface area contributed by atoms with Crippen LogP contribution in [0.2, 0.25) is 0 Å². The van der Waals surface area contributed by atoms with Gasteiger partial charge in [-0.15, -0.1) is 0 Å².